The molecule has 0 fully saturated rings. The molecule has 13 heavy (non-hydrogen) atoms. The van der Waals surface area contributed by atoms with E-state index in [0.29, 0.717) is 0 Å². The van der Waals surface area contributed by atoms with Crippen LogP contribution in [0.4, 0.5) is 0 Å². The van der Waals surface area contributed by atoms with Crippen LogP contribution in [0.1, 0.15) is 20.3 Å². The van der Waals surface area contributed by atoms with Crippen LogP contribution in [0.15, 0.2) is 12.7 Å². The fraction of sp³-hybridized carbons (Fsp3) is 0.700. The van der Waals surface area contributed by atoms with E-state index in [2.05, 4.69) is 39.8 Å². The first-order valence-electron chi connectivity index (χ1n) is 4.73. The van der Waals surface area contributed by atoms with Crippen LogP contribution in [0.3, 0.4) is 0 Å². The summed E-state index contributed by atoms with van der Waals surface area (Å²) in [6, 6.07) is 0. The molecule has 3 nitrogen and oxygen atoms in total. The maximum atomic E-state index is 11.1. The number of rotatable bonds is 5. The number of carbonyl (C=O) groups is 1. The van der Waals surface area contributed by atoms with E-state index in [1.54, 1.807) is 0 Å². The predicted octanol–water partition coefficient (Wildman–Crippen LogP) is 1.12. The Morgan fingerprint density at radius 1 is 1.54 bits per heavy atom. The lowest BCUT2D eigenvalue weighted by Crippen LogP contribution is -2.56. The number of amides is 1. The molecular formula is C10H21N2O+. The van der Waals surface area contributed by atoms with Gasteiger partial charge in [-0.2, -0.15) is 0 Å². The molecule has 1 amide bonds. The summed E-state index contributed by atoms with van der Waals surface area (Å²) in [7, 11) is 4.22. The highest BCUT2D eigenvalue weighted by Crippen LogP contribution is 2.06. The molecule has 0 aliphatic rings. The molecule has 0 radical (unpaired) electrons. The van der Waals surface area contributed by atoms with Gasteiger partial charge in [0.25, 0.3) is 0 Å². The molecule has 1 unspecified atom stereocenters. The number of quaternary nitrogens is 1. The fourth-order valence-electron chi connectivity index (χ4n) is 1.21. The monoisotopic (exact) mass is 185 g/mol. The Kier molecular flexibility index (Phi) is 4.70. The van der Waals surface area contributed by atoms with Crippen LogP contribution in [-0.4, -0.2) is 37.2 Å². The van der Waals surface area contributed by atoms with E-state index in [1.807, 2.05) is 0 Å². The molecule has 0 saturated heterocycles. The quantitative estimate of drug-likeness (QED) is 0.388. The van der Waals surface area contributed by atoms with E-state index >= 15 is 0 Å². The van der Waals surface area contributed by atoms with Crippen molar-refractivity contribution in [3.05, 3.63) is 12.7 Å². The minimum absolute atomic E-state index is 0.0912. The molecule has 1 atom stereocenters. The van der Waals surface area contributed by atoms with E-state index in [9.17, 15) is 4.79 Å². The third-order valence-electron chi connectivity index (χ3n) is 2.54. The van der Waals surface area contributed by atoms with Gasteiger partial charge >= 0.3 is 0 Å². The third kappa shape index (κ3) is 3.59. The predicted molar refractivity (Wildman–Crippen MR) is 55.1 cm³/mol. The van der Waals surface area contributed by atoms with Crippen molar-refractivity contribution in [2.45, 2.75) is 26.4 Å². The van der Waals surface area contributed by atoms with Gasteiger partial charge in [-0.05, 0) is 13.0 Å². The van der Waals surface area contributed by atoms with Gasteiger partial charge in [0.2, 0.25) is 5.91 Å². The molecule has 0 aliphatic heterocycles. The standard InChI is InChI=1S/C10H20N2O/c1-6-9(11-10(13)7-2)12(4,5)8-3/h7,9H,2,6,8H2,1,3-5H3/p+1. The minimum atomic E-state index is -0.0912. The number of hydrogen-bond acceptors (Lipinski definition) is 1. The van der Waals surface area contributed by atoms with Gasteiger partial charge in [0.05, 0.1) is 20.6 Å². The van der Waals surface area contributed by atoms with Gasteiger partial charge in [-0.1, -0.05) is 13.5 Å². The van der Waals surface area contributed by atoms with Crippen molar-refractivity contribution in [3.8, 4) is 0 Å². The first kappa shape index (κ1) is 12.2. The van der Waals surface area contributed by atoms with Crippen LogP contribution in [-0.2, 0) is 4.79 Å². The van der Waals surface area contributed by atoms with Crippen molar-refractivity contribution in [1.82, 2.24) is 5.32 Å². The molecule has 0 aromatic carbocycles. The van der Waals surface area contributed by atoms with E-state index < -0.39 is 0 Å². The second-order valence-corrected chi connectivity index (χ2v) is 3.73. The molecule has 0 spiro atoms. The zero-order valence-electron chi connectivity index (χ0n) is 9.13. The van der Waals surface area contributed by atoms with E-state index in [0.717, 1.165) is 17.4 Å². The highest BCUT2D eigenvalue weighted by molar-refractivity contribution is 5.86. The van der Waals surface area contributed by atoms with Gasteiger partial charge in [-0.25, -0.2) is 0 Å². The lowest BCUT2D eigenvalue weighted by Gasteiger charge is -2.36. The number of nitrogens with zero attached hydrogens (tertiary/aromatic N) is 1. The summed E-state index contributed by atoms with van der Waals surface area (Å²) < 4.78 is 0.802. The SMILES string of the molecule is C=CC(=O)NC(CC)[N+](C)(C)CC. The van der Waals surface area contributed by atoms with Crippen molar-refractivity contribution >= 4 is 5.91 Å². The zero-order chi connectivity index (χ0) is 10.5. The second-order valence-electron chi connectivity index (χ2n) is 3.73. The molecule has 76 valence electrons. The van der Waals surface area contributed by atoms with Crippen LogP contribution in [0.5, 0.6) is 0 Å². The topological polar surface area (TPSA) is 29.1 Å². The van der Waals surface area contributed by atoms with Gasteiger partial charge in [0.15, 0.2) is 6.17 Å². The number of hydrogen-bond donors (Lipinski definition) is 1. The molecule has 1 N–H and O–H groups in total. The van der Waals surface area contributed by atoms with Gasteiger partial charge in [-0.3, -0.25) is 4.79 Å². The smallest absolute Gasteiger partial charge is 0.247 e. The Balaban J connectivity index is 4.33. The summed E-state index contributed by atoms with van der Waals surface area (Å²) in [4.78, 5) is 11.1. The van der Waals surface area contributed by atoms with Crippen LogP contribution in [0, 0.1) is 0 Å². The van der Waals surface area contributed by atoms with Crippen molar-refractivity contribution in [3.63, 3.8) is 0 Å². The molecule has 0 aliphatic carbocycles. The zero-order valence-corrected chi connectivity index (χ0v) is 9.13. The fourth-order valence-corrected chi connectivity index (χ4v) is 1.21. The Hall–Kier alpha value is -0.830. The summed E-state index contributed by atoms with van der Waals surface area (Å²) in [5.41, 5.74) is 0. The molecule has 0 heterocycles. The van der Waals surface area contributed by atoms with Crippen LogP contribution >= 0.6 is 0 Å². The van der Waals surface area contributed by atoms with Crippen molar-refractivity contribution < 1.29 is 9.28 Å². The Morgan fingerprint density at radius 3 is 2.38 bits per heavy atom. The van der Waals surface area contributed by atoms with Gasteiger partial charge in [0, 0.05) is 6.42 Å². The van der Waals surface area contributed by atoms with Gasteiger partial charge in [-0.15, -0.1) is 0 Å². The molecule has 0 aromatic rings. The van der Waals surface area contributed by atoms with Gasteiger partial charge in [0.1, 0.15) is 0 Å². The molecular weight excluding hydrogens is 164 g/mol. The molecule has 0 saturated carbocycles. The Morgan fingerprint density at radius 2 is 2.08 bits per heavy atom. The average Bonchev–Trinajstić information content (AvgIpc) is 2.13. The first-order valence-corrected chi connectivity index (χ1v) is 4.73. The van der Waals surface area contributed by atoms with E-state index in [1.165, 1.54) is 6.08 Å². The van der Waals surface area contributed by atoms with Gasteiger partial charge < -0.3 is 9.80 Å². The third-order valence-corrected chi connectivity index (χ3v) is 2.54. The van der Waals surface area contributed by atoms with E-state index in [-0.39, 0.29) is 12.1 Å². The largest absolute Gasteiger partial charge is 0.309 e. The van der Waals surface area contributed by atoms with Crippen molar-refractivity contribution in [2.75, 3.05) is 20.6 Å². The van der Waals surface area contributed by atoms with Crippen LogP contribution in [0.25, 0.3) is 0 Å². The summed E-state index contributed by atoms with van der Waals surface area (Å²) in [5, 5.41) is 2.92. The Bertz CT molecular complexity index is 187. The lowest BCUT2D eigenvalue weighted by molar-refractivity contribution is -0.915. The van der Waals surface area contributed by atoms with Crippen molar-refractivity contribution in [1.29, 1.82) is 0 Å². The minimum Gasteiger partial charge on any atom is -0.309 e. The molecule has 0 bridgehead atoms. The maximum absolute atomic E-state index is 11.1. The summed E-state index contributed by atoms with van der Waals surface area (Å²) >= 11 is 0. The van der Waals surface area contributed by atoms with E-state index in [4.69, 9.17) is 0 Å². The molecule has 0 aromatic heterocycles. The molecule has 0 rings (SSSR count). The van der Waals surface area contributed by atoms with Crippen LogP contribution in [0.2, 0.25) is 0 Å². The highest BCUT2D eigenvalue weighted by Gasteiger charge is 2.25. The summed E-state index contributed by atoms with van der Waals surface area (Å²) in [6.07, 6.45) is 2.43. The van der Waals surface area contributed by atoms with Crippen molar-refractivity contribution in [2.24, 2.45) is 0 Å². The number of nitrogens with one attached hydrogen (secondary N) is 1. The summed E-state index contributed by atoms with van der Waals surface area (Å²) in [6.45, 7) is 8.62. The maximum Gasteiger partial charge on any atom is 0.247 e. The normalized spacial score (nSPS) is 13.5. The number of carbonyl (C=O) groups excluding carboxylic acids is 1. The second kappa shape index (κ2) is 5.02. The Labute approximate surface area is 81.0 Å². The first-order chi connectivity index (χ1) is 5.97. The average molecular weight is 185 g/mol. The van der Waals surface area contributed by atoms with Crippen LogP contribution < -0.4 is 5.32 Å². The lowest BCUT2D eigenvalue weighted by atomic mass is 10.3. The molecule has 3 heteroatoms. The highest BCUT2D eigenvalue weighted by atomic mass is 16.1. The summed E-state index contributed by atoms with van der Waals surface area (Å²) in [5.74, 6) is -0.0912.